The molecule has 0 fully saturated rings. The van der Waals surface area contributed by atoms with Crippen molar-refractivity contribution < 1.29 is 9.84 Å². The highest BCUT2D eigenvalue weighted by Crippen LogP contribution is 2.35. The van der Waals surface area contributed by atoms with Crippen molar-refractivity contribution >= 4 is 17.3 Å². The van der Waals surface area contributed by atoms with Gasteiger partial charge >= 0.3 is 0 Å². The van der Waals surface area contributed by atoms with Gasteiger partial charge in [0.05, 0.1) is 10.7 Å². The number of ether oxygens (including phenoxy) is 1. The zero-order valence-corrected chi connectivity index (χ0v) is 9.22. The molecule has 3 nitrogen and oxygen atoms in total. The number of hydrogen-bond donors (Lipinski definition) is 2. The van der Waals surface area contributed by atoms with Crippen molar-refractivity contribution in [3.8, 4) is 11.5 Å². The van der Waals surface area contributed by atoms with Gasteiger partial charge in [-0.3, -0.25) is 0 Å². The monoisotopic (exact) mass is 215 g/mol. The maximum absolute atomic E-state index is 9.36. The Morgan fingerprint density at radius 1 is 1.36 bits per heavy atom. The number of rotatable bonds is 1. The third-order valence-corrected chi connectivity index (χ3v) is 1.79. The molecule has 0 atom stereocenters. The smallest absolute Gasteiger partial charge is 0.142 e. The summed E-state index contributed by atoms with van der Waals surface area (Å²) >= 11 is 5.89. The normalized spacial score (nSPS) is 11.4. The molecule has 0 aliphatic rings. The number of hydrogen-bond acceptors (Lipinski definition) is 3. The Kier molecular flexibility index (Phi) is 2.81. The summed E-state index contributed by atoms with van der Waals surface area (Å²) in [6.45, 7) is 5.70. The molecule has 0 amide bonds. The van der Waals surface area contributed by atoms with Gasteiger partial charge < -0.3 is 15.6 Å². The molecule has 0 spiro atoms. The number of phenolic OH excluding ortho intramolecular Hbond substituents is 1. The van der Waals surface area contributed by atoms with Gasteiger partial charge in [-0.1, -0.05) is 11.6 Å². The minimum Gasteiger partial charge on any atom is -0.506 e. The summed E-state index contributed by atoms with van der Waals surface area (Å²) in [5.41, 5.74) is 5.35. The Morgan fingerprint density at radius 3 is 2.43 bits per heavy atom. The first-order valence-electron chi connectivity index (χ1n) is 4.26. The van der Waals surface area contributed by atoms with Crippen LogP contribution < -0.4 is 10.5 Å². The highest BCUT2D eigenvalue weighted by atomic mass is 35.5. The van der Waals surface area contributed by atoms with E-state index in [1.54, 1.807) is 0 Å². The van der Waals surface area contributed by atoms with Crippen molar-refractivity contribution in [2.45, 2.75) is 26.4 Å². The van der Waals surface area contributed by atoms with Gasteiger partial charge in [-0.25, -0.2) is 0 Å². The molecule has 0 aliphatic carbocycles. The van der Waals surface area contributed by atoms with Gasteiger partial charge in [0.1, 0.15) is 17.1 Å². The summed E-state index contributed by atoms with van der Waals surface area (Å²) in [4.78, 5) is 0. The van der Waals surface area contributed by atoms with Crippen molar-refractivity contribution in [3.05, 3.63) is 17.2 Å². The minimum atomic E-state index is -0.355. The van der Waals surface area contributed by atoms with Gasteiger partial charge in [0.2, 0.25) is 0 Å². The lowest BCUT2D eigenvalue weighted by Gasteiger charge is -2.22. The van der Waals surface area contributed by atoms with Gasteiger partial charge in [-0.2, -0.15) is 0 Å². The Bertz CT molecular complexity index is 345. The maximum Gasteiger partial charge on any atom is 0.142 e. The molecule has 0 bridgehead atoms. The molecule has 0 unspecified atom stereocenters. The van der Waals surface area contributed by atoms with Crippen LogP contribution in [0, 0.1) is 0 Å². The van der Waals surface area contributed by atoms with E-state index >= 15 is 0 Å². The largest absolute Gasteiger partial charge is 0.506 e. The van der Waals surface area contributed by atoms with Crippen LogP contribution in [0.15, 0.2) is 12.1 Å². The molecule has 0 saturated carbocycles. The van der Waals surface area contributed by atoms with Crippen LogP contribution in [0.2, 0.25) is 5.02 Å². The van der Waals surface area contributed by atoms with Crippen molar-refractivity contribution in [2.24, 2.45) is 0 Å². The van der Waals surface area contributed by atoms with E-state index in [-0.39, 0.29) is 17.0 Å². The second-order valence-corrected chi connectivity index (χ2v) is 4.46. The molecule has 4 heteroatoms. The first-order valence-corrected chi connectivity index (χ1v) is 4.64. The van der Waals surface area contributed by atoms with Crippen LogP contribution in [0.3, 0.4) is 0 Å². The standard InChI is InChI=1S/C10H14ClNO2/c1-10(2,3)14-9-5-8(13)7(12)4-6(9)11/h4-5,13H,12H2,1-3H3. The summed E-state index contributed by atoms with van der Waals surface area (Å²) in [5.74, 6) is 0.416. The molecule has 1 aromatic carbocycles. The summed E-state index contributed by atoms with van der Waals surface area (Å²) in [5, 5.41) is 9.76. The van der Waals surface area contributed by atoms with E-state index in [9.17, 15) is 5.11 Å². The average Bonchev–Trinajstić information content (AvgIpc) is 1.97. The maximum atomic E-state index is 9.36. The van der Waals surface area contributed by atoms with Gasteiger partial charge in [0, 0.05) is 6.07 Å². The van der Waals surface area contributed by atoms with Gasteiger partial charge in [-0.15, -0.1) is 0 Å². The zero-order chi connectivity index (χ0) is 10.9. The fourth-order valence-electron chi connectivity index (χ4n) is 0.966. The summed E-state index contributed by atoms with van der Waals surface area (Å²) < 4.78 is 5.52. The first kappa shape index (κ1) is 11.0. The fraction of sp³-hybridized carbons (Fsp3) is 0.400. The first-order chi connectivity index (χ1) is 6.29. The second kappa shape index (κ2) is 3.58. The third kappa shape index (κ3) is 2.70. The molecular formula is C10H14ClNO2. The average molecular weight is 216 g/mol. The van der Waals surface area contributed by atoms with E-state index in [0.29, 0.717) is 10.8 Å². The highest BCUT2D eigenvalue weighted by molar-refractivity contribution is 6.32. The Labute approximate surface area is 88.4 Å². The topological polar surface area (TPSA) is 55.5 Å². The van der Waals surface area contributed by atoms with E-state index in [1.807, 2.05) is 20.8 Å². The molecular weight excluding hydrogens is 202 g/mol. The lowest BCUT2D eigenvalue weighted by Crippen LogP contribution is -2.23. The molecule has 0 saturated heterocycles. The number of benzene rings is 1. The van der Waals surface area contributed by atoms with Gasteiger partial charge in [0.25, 0.3) is 0 Å². The van der Waals surface area contributed by atoms with E-state index in [4.69, 9.17) is 22.1 Å². The molecule has 0 radical (unpaired) electrons. The number of phenols is 1. The fourth-order valence-corrected chi connectivity index (χ4v) is 1.18. The van der Waals surface area contributed by atoms with Crippen molar-refractivity contribution in [3.63, 3.8) is 0 Å². The molecule has 78 valence electrons. The van der Waals surface area contributed by atoms with E-state index in [1.165, 1.54) is 12.1 Å². The van der Waals surface area contributed by atoms with Gasteiger partial charge in [-0.05, 0) is 26.8 Å². The van der Waals surface area contributed by atoms with Gasteiger partial charge in [0.15, 0.2) is 0 Å². The zero-order valence-electron chi connectivity index (χ0n) is 8.47. The molecule has 0 aromatic heterocycles. The highest BCUT2D eigenvalue weighted by Gasteiger charge is 2.15. The number of halogens is 1. The Morgan fingerprint density at radius 2 is 1.93 bits per heavy atom. The number of aromatic hydroxyl groups is 1. The van der Waals surface area contributed by atoms with Crippen LogP contribution in [0.25, 0.3) is 0 Å². The SMILES string of the molecule is CC(C)(C)Oc1cc(O)c(N)cc1Cl. The van der Waals surface area contributed by atoms with Crippen LogP contribution in [-0.2, 0) is 0 Å². The van der Waals surface area contributed by atoms with E-state index in [2.05, 4.69) is 0 Å². The van der Waals surface area contributed by atoms with Crippen LogP contribution in [0.1, 0.15) is 20.8 Å². The molecule has 3 N–H and O–H groups in total. The number of nitrogens with two attached hydrogens (primary N) is 1. The summed E-state index contributed by atoms with van der Waals surface area (Å²) in [6.07, 6.45) is 0. The van der Waals surface area contributed by atoms with Crippen molar-refractivity contribution in [2.75, 3.05) is 5.73 Å². The van der Waals surface area contributed by atoms with Crippen LogP contribution >= 0.6 is 11.6 Å². The van der Waals surface area contributed by atoms with E-state index < -0.39 is 0 Å². The molecule has 0 heterocycles. The number of anilines is 1. The summed E-state index contributed by atoms with van der Waals surface area (Å²) in [6, 6.07) is 2.89. The second-order valence-electron chi connectivity index (χ2n) is 4.06. The Balaban J connectivity index is 3.04. The van der Waals surface area contributed by atoms with Crippen LogP contribution in [0.4, 0.5) is 5.69 Å². The van der Waals surface area contributed by atoms with Crippen molar-refractivity contribution in [1.82, 2.24) is 0 Å². The molecule has 0 aliphatic heterocycles. The van der Waals surface area contributed by atoms with Crippen molar-refractivity contribution in [1.29, 1.82) is 0 Å². The minimum absolute atomic E-state index is 0.0198. The predicted molar refractivity (Wildman–Crippen MR) is 57.9 cm³/mol. The lowest BCUT2D eigenvalue weighted by molar-refractivity contribution is 0.130. The predicted octanol–water partition coefficient (Wildman–Crippen LogP) is 2.81. The van der Waals surface area contributed by atoms with Crippen LogP contribution in [-0.4, -0.2) is 10.7 Å². The number of nitrogen functional groups attached to an aromatic ring is 1. The van der Waals surface area contributed by atoms with Crippen LogP contribution in [0.5, 0.6) is 11.5 Å². The Hall–Kier alpha value is -1.09. The third-order valence-electron chi connectivity index (χ3n) is 1.50. The summed E-state index contributed by atoms with van der Waals surface area (Å²) in [7, 11) is 0. The quantitative estimate of drug-likeness (QED) is 0.560. The molecule has 14 heavy (non-hydrogen) atoms. The molecule has 1 aromatic rings. The molecule has 1 rings (SSSR count). The lowest BCUT2D eigenvalue weighted by atomic mass is 10.2. The van der Waals surface area contributed by atoms with E-state index in [0.717, 1.165) is 0 Å².